The zero-order valence-electron chi connectivity index (χ0n) is 8.20. The SMILES string of the molecule is FC(F)Cn1ccc(NC2CCSC2)n1. The van der Waals surface area contributed by atoms with E-state index in [0.29, 0.717) is 11.9 Å². The van der Waals surface area contributed by atoms with Crippen LogP contribution in [0.1, 0.15) is 6.42 Å². The lowest BCUT2D eigenvalue weighted by atomic mass is 10.3. The first-order valence-electron chi connectivity index (χ1n) is 4.90. The summed E-state index contributed by atoms with van der Waals surface area (Å²) in [6.07, 6.45) is 0.350. The third-order valence-corrected chi connectivity index (χ3v) is 3.41. The van der Waals surface area contributed by atoms with Gasteiger partial charge in [0.25, 0.3) is 6.43 Å². The zero-order chi connectivity index (χ0) is 10.7. The smallest absolute Gasteiger partial charge is 0.257 e. The highest BCUT2D eigenvalue weighted by Crippen LogP contribution is 2.20. The minimum atomic E-state index is -2.35. The fourth-order valence-electron chi connectivity index (χ4n) is 1.54. The van der Waals surface area contributed by atoms with Crippen molar-refractivity contribution in [2.75, 3.05) is 16.8 Å². The molecule has 1 aromatic rings. The molecule has 84 valence electrons. The average Bonchev–Trinajstić information content (AvgIpc) is 2.77. The first-order valence-corrected chi connectivity index (χ1v) is 6.05. The van der Waals surface area contributed by atoms with Gasteiger partial charge in [-0.2, -0.15) is 16.9 Å². The summed E-state index contributed by atoms with van der Waals surface area (Å²) >= 11 is 1.90. The van der Waals surface area contributed by atoms with Crippen molar-refractivity contribution in [2.24, 2.45) is 0 Å². The number of aromatic nitrogens is 2. The van der Waals surface area contributed by atoms with Gasteiger partial charge in [-0.1, -0.05) is 0 Å². The lowest BCUT2D eigenvalue weighted by Gasteiger charge is -2.09. The van der Waals surface area contributed by atoms with E-state index < -0.39 is 6.43 Å². The molecule has 0 spiro atoms. The molecule has 1 saturated heterocycles. The highest BCUT2D eigenvalue weighted by atomic mass is 32.2. The predicted molar refractivity (Wildman–Crippen MR) is 57.6 cm³/mol. The Labute approximate surface area is 91.2 Å². The van der Waals surface area contributed by atoms with Crippen LogP contribution in [0.15, 0.2) is 12.3 Å². The second-order valence-corrected chi connectivity index (χ2v) is 4.67. The fraction of sp³-hybridized carbons (Fsp3) is 0.667. The molecule has 1 aromatic heterocycles. The number of alkyl halides is 2. The molecule has 1 N–H and O–H groups in total. The second-order valence-electron chi connectivity index (χ2n) is 3.52. The Morgan fingerprint density at radius 1 is 1.67 bits per heavy atom. The minimum absolute atomic E-state index is 0.332. The van der Waals surface area contributed by atoms with E-state index >= 15 is 0 Å². The van der Waals surface area contributed by atoms with Gasteiger partial charge in [0.05, 0.1) is 0 Å². The van der Waals surface area contributed by atoms with Crippen LogP contribution in [0.4, 0.5) is 14.6 Å². The minimum Gasteiger partial charge on any atom is -0.365 e. The van der Waals surface area contributed by atoms with Gasteiger partial charge in [0.1, 0.15) is 12.4 Å². The Hall–Kier alpha value is -0.780. The predicted octanol–water partition coefficient (Wildman–Crippen LogP) is 2.07. The molecule has 1 fully saturated rings. The van der Waals surface area contributed by atoms with Gasteiger partial charge in [0.2, 0.25) is 0 Å². The molecule has 3 nitrogen and oxygen atoms in total. The number of hydrogen-bond donors (Lipinski definition) is 1. The van der Waals surface area contributed by atoms with E-state index in [-0.39, 0.29) is 6.54 Å². The first kappa shape index (κ1) is 10.7. The summed E-state index contributed by atoms with van der Waals surface area (Å²) in [5.41, 5.74) is 0. The fourth-order valence-corrected chi connectivity index (χ4v) is 2.69. The van der Waals surface area contributed by atoms with E-state index in [4.69, 9.17) is 0 Å². The summed E-state index contributed by atoms with van der Waals surface area (Å²) in [6.45, 7) is -0.332. The average molecular weight is 233 g/mol. The molecular weight excluding hydrogens is 220 g/mol. The Morgan fingerprint density at radius 3 is 3.20 bits per heavy atom. The normalized spacial score (nSPS) is 21.1. The third kappa shape index (κ3) is 3.09. The second kappa shape index (κ2) is 4.83. The molecule has 15 heavy (non-hydrogen) atoms. The zero-order valence-corrected chi connectivity index (χ0v) is 9.01. The van der Waals surface area contributed by atoms with Gasteiger partial charge in [-0.25, -0.2) is 8.78 Å². The monoisotopic (exact) mass is 233 g/mol. The number of rotatable bonds is 4. The van der Waals surface area contributed by atoms with E-state index in [9.17, 15) is 8.78 Å². The van der Waals surface area contributed by atoms with Crippen molar-refractivity contribution in [1.82, 2.24) is 9.78 Å². The quantitative estimate of drug-likeness (QED) is 0.863. The maximum Gasteiger partial charge on any atom is 0.257 e. The molecule has 0 bridgehead atoms. The molecule has 2 rings (SSSR count). The van der Waals surface area contributed by atoms with Gasteiger partial charge in [0.15, 0.2) is 0 Å². The summed E-state index contributed by atoms with van der Waals surface area (Å²) in [4.78, 5) is 0. The van der Waals surface area contributed by atoms with Gasteiger partial charge in [-0.05, 0) is 12.2 Å². The maximum absolute atomic E-state index is 12.1. The molecule has 2 heterocycles. The topological polar surface area (TPSA) is 29.9 Å². The van der Waals surface area contributed by atoms with E-state index in [0.717, 1.165) is 17.9 Å². The number of nitrogens with zero attached hydrogens (tertiary/aromatic N) is 2. The molecular formula is C9H13F2N3S. The van der Waals surface area contributed by atoms with Crippen LogP contribution in [-0.2, 0) is 6.54 Å². The Bertz CT molecular complexity index is 310. The van der Waals surface area contributed by atoms with Crippen LogP contribution in [0.25, 0.3) is 0 Å². The number of nitrogens with one attached hydrogen (secondary N) is 1. The molecule has 1 atom stereocenters. The van der Waals surface area contributed by atoms with Crippen LogP contribution in [-0.4, -0.2) is 33.8 Å². The molecule has 0 saturated carbocycles. The van der Waals surface area contributed by atoms with Crippen LogP contribution in [0.3, 0.4) is 0 Å². The molecule has 0 amide bonds. The molecule has 6 heteroatoms. The van der Waals surface area contributed by atoms with Gasteiger partial charge in [-0.3, -0.25) is 4.68 Å². The molecule has 1 unspecified atom stereocenters. The standard InChI is InChI=1S/C9H13F2N3S/c10-8(11)5-14-3-1-9(13-14)12-7-2-4-15-6-7/h1,3,7-8H,2,4-6H2,(H,12,13). The van der Waals surface area contributed by atoms with Gasteiger partial charge in [-0.15, -0.1) is 0 Å². The van der Waals surface area contributed by atoms with Crippen molar-refractivity contribution in [2.45, 2.75) is 25.4 Å². The largest absolute Gasteiger partial charge is 0.365 e. The first-order chi connectivity index (χ1) is 7.24. The van der Waals surface area contributed by atoms with E-state index in [1.807, 2.05) is 11.8 Å². The van der Waals surface area contributed by atoms with Crippen molar-refractivity contribution in [1.29, 1.82) is 0 Å². The van der Waals surface area contributed by atoms with Gasteiger partial charge >= 0.3 is 0 Å². The van der Waals surface area contributed by atoms with Crippen molar-refractivity contribution >= 4 is 17.6 Å². The summed E-state index contributed by atoms with van der Waals surface area (Å²) in [5, 5.41) is 7.27. The van der Waals surface area contributed by atoms with Crippen molar-refractivity contribution in [3.05, 3.63) is 12.3 Å². The van der Waals surface area contributed by atoms with Crippen molar-refractivity contribution in [3.8, 4) is 0 Å². The van der Waals surface area contributed by atoms with E-state index in [1.54, 1.807) is 12.3 Å². The van der Waals surface area contributed by atoms with Crippen molar-refractivity contribution in [3.63, 3.8) is 0 Å². The molecule has 0 radical (unpaired) electrons. The van der Waals surface area contributed by atoms with Crippen LogP contribution < -0.4 is 5.32 Å². The van der Waals surface area contributed by atoms with Crippen LogP contribution in [0.5, 0.6) is 0 Å². The molecule has 0 aromatic carbocycles. The van der Waals surface area contributed by atoms with Gasteiger partial charge in [0, 0.05) is 24.1 Å². The number of anilines is 1. The third-order valence-electron chi connectivity index (χ3n) is 2.25. The highest BCUT2D eigenvalue weighted by molar-refractivity contribution is 7.99. The lowest BCUT2D eigenvalue weighted by molar-refractivity contribution is 0.122. The lowest BCUT2D eigenvalue weighted by Crippen LogP contribution is -2.18. The Balaban J connectivity index is 1.88. The Kier molecular flexibility index (Phi) is 3.45. The molecule has 1 aliphatic rings. The molecule has 1 aliphatic heterocycles. The molecule has 0 aliphatic carbocycles. The number of thioether (sulfide) groups is 1. The Morgan fingerprint density at radius 2 is 2.53 bits per heavy atom. The highest BCUT2D eigenvalue weighted by Gasteiger charge is 2.16. The van der Waals surface area contributed by atoms with E-state index in [1.165, 1.54) is 4.68 Å². The van der Waals surface area contributed by atoms with E-state index in [2.05, 4.69) is 10.4 Å². The number of hydrogen-bond acceptors (Lipinski definition) is 3. The van der Waals surface area contributed by atoms with Crippen molar-refractivity contribution < 1.29 is 8.78 Å². The summed E-state index contributed by atoms with van der Waals surface area (Å²) in [6, 6.07) is 2.18. The summed E-state index contributed by atoms with van der Waals surface area (Å²) in [7, 11) is 0. The maximum atomic E-state index is 12.1. The van der Waals surface area contributed by atoms with Crippen LogP contribution in [0, 0.1) is 0 Å². The summed E-state index contributed by atoms with van der Waals surface area (Å²) in [5.74, 6) is 2.93. The van der Waals surface area contributed by atoms with Crippen LogP contribution in [0.2, 0.25) is 0 Å². The number of halogens is 2. The van der Waals surface area contributed by atoms with Crippen LogP contribution >= 0.6 is 11.8 Å². The summed E-state index contributed by atoms with van der Waals surface area (Å²) < 4.78 is 25.4. The van der Waals surface area contributed by atoms with Gasteiger partial charge < -0.3 is 5.32 Å².